The quantitative estimate of drug-likeness (QED) is 0.829. The van der Waals surface area contributed by atoms with Gasteiger partial charge in [-0.3, -0.25) is 14.7 Å². The molecular formula is C21H29N5O2. The number of nitrogens with one attached hydrogen (secondary N) is 1. The minimum Gasteiger partial charge on any atom is -0.370 e. The largest absolute Gasteiger partial charge is 0.370 e. The number of hydrogen-bond acceptors (Lipinski definition) is 5. The number of aromatic nitrogens is 3. The number of pyridine rings is 1. The van der Waals surface area contributed by atoms with Gasteiger partial charge in [0, 0.05) is 43.9 Å². The van der Waals surface area contributed by atoms with E-state index in [1.165, 1.54) is 19.3 Å². The Balaban J connectivity index is 1.46. The molecule has 2 aromatic heterocycles. The van der Waals surface area contributed by atoms with Gasteiger partial charge in [0.2, 0.25) is 5.91 Å². The second-order valence-electron chi connectivity index (χ2n) is 7.84. The molecule has 2 aromatic rings. The number of amides is 1. The first-order valence-corrected chi connectivity index (χ1v) is 10.3. The Morgan fingerprint density at radius 2 is 2.07 bits per heavy atom. The maximum absolute atomic E-state index is 13.1. The molecule has 0 spiro atoms. The van der Waals surface area contributed by atoms with Crippen LogP contribution in [0.5, 0.6) is 0 Å². The van der Waals surface area contributed by atoms with Crippen LogP contribution < -0.4 is 0 Å². The lowest BCUT2D eigenvalue weighted by atomic mass is 9.94. The Morgan fingerprint density at radius 1 is 1.18 bits per heavy atom. The van der Waals surface area contributed by atoms with Crippen LogP contribution in [0.15, 0.2) is 36.9 Å². The van der Waals surface area contributed by atoms with Crippen LogP contribution in [0, 0.1) is 0 Å². The third-order valence-electron chi connectivity index (χ3n) is 5.69. The van der Waals surface area contributed by atoms with E-state index in [1.54, 1.807) is 12.4 Å². The number of aromatic amines is 1. The van der Waals surface area contributed by atoms with E-state index in [-0.39, 0.29) is 12.0 Å². The van der Waals surface area contributed by atoms with Crippen LogP contribution in [0.2, 0.25) is 0 Å². The molecule has 0 radical (unpaired) electrons. The van der Waals surface area contributed by atoms with Gasteiger partial charge in [0.1, 0.15) is 5.82 Å². The number of H-pyrrole nitrogens is 1. The number of hydrogen-bond donors (Lipinski definition) is 1. The third-order valence-corrected chi connectivity index (χ3v) is 5.69. The summed E-state index contributed by atoms with van der Waals surface area (Å²) < 4.78 is 6.26. The van der Waals surface area contributed by atoms with Crippen molar-refractivity contribution in [3.8, 4) is 0 Å². The van der Waals surface area contributed by atoms with E-state index < -0.39 is 0 Å². The summed E-state index contributed by atoms with van der Waals surface area (Å²) in [5, 5.41) is 0. The number of rotatable bonds is 6. The molecule has 1 amide bonds. The van der Waals surface area contributed by atoms with Gasteiger partial charge in [-0.05, 0) is 24.5 Å². The molecule has 28 heavy (non-hydrogen) atoms. The summed E-state index contributed by atoms with van der Waals surface area (Å²) in [5.41, 5.74) is 1.06. The third kappa shape index (κ3) is 4.97. The van der Waals surface area contributed by atoms with Crippen LogP contribution >= 0.6 is 0 Å². The summed E-state index contributed by atoms with van der Waals surface area (Å²) >= 11 is 0. The normalized spacial score (nSPS) is 22.4. The first-order chi connectivity index (χ1) is 13.8. The molecule has 150 valence electrons. The highest BCUT2D eigenvalue weighted by molar-refractivity contribution is 5.79. The van der Waals surface area contributed by atoms with Gasteiger partial charge < -0.3 is 14.6 Å². The molecule has 1 saturated carbocycles. The summed E-state index contributed by atoms with van der Waals surface area (Å²) in [5.74, 6) is 1.09. The lowest BCUT2D eigenvalue weighted by Crippen LogP contribution is -2.45. The average Bonchev–Trinajstić information content (AvgIpc) is 3.18. The Kier molecular flexibility index (Phi) is 6.34. The zero-order chi connectivity index (χ0) is 19.2. The van der Waals surface area contributed by atoms with Crippen LogP contribution in [-0.4, -0.2) is 62.4 Å². The van der Waals surface area contributed by atoms with E-state index in [0.29, 0.717) is 32.3 Å². The smallest absolute Gasteiger partial charge is 0.237 e. The molecule has 1 aliphatic heterocycles. The molecule has 0 aromatic carbocycles. The van der Waals surface area contributed by atoms with Crippen molar-refractivity contribution in [3.05, 3.63) is 48.3 Å². The zero-order valence-corrected chi connectivity index (χ0v) is 16.3. The standard InChI is InChI=1S/C21H29N5O2/c27-21-15-25(14-20-23-9-10-24-20)12-19(28-16-17-5-4-8-22-11-17)13-26(21)18-6-2-1-3-7-18/h4-5,8-11,18-19H,1-3,6-7,12-16H2,(H,23,24)/t19-/m0/s1. The van der Waals surface area contributed by atoms with E-state index in [0.717, 1.165) is 30.8 Å². The van der Waals surface area contributed by atoms with Gasteiger partial charge >= 0.3 is 0 Å². The second-order valence-corrected chi connectivity index (χ2v) is 7.84. The topological polar surface area (TPSA) is 74.3 Å². The van der Waals surface area contributed by atoms with Crippen molar-refractivity contribution in [2.75, 3.05) is 19.6 Å². The summed E-state index contributed by atoms with van der Waals surface area (Å²) in [7, 11) is 0. The van der Waals surface area contributed by atoms with E-state index in [4.69, 9.17) is 4.74 Å². The van der Waals surface area contributed by atoms with Crippen molar-refractivity contribution in [3.63, 3.8) is 0 Å². The number of ether oxygens (including phenoxy) is 1. The van der Waals surface area contributed by atoms with Crippen molar-refractivity contribution >= 4 is 5.91 Å². The minimum atomic E-state index is -0.0245. The van der Waals surface area contributed by atoms with E-state index in [1.807, 2.05) is 24.5 Å². The Labute approximate surface area is 166 Å². The lowest BCUT2D eigenvalue weighted by molar-refractivity contribution is -0.135. The lowest BCUT2D eigenvalue weighted by Gasteiger charge is -2.35. The molecule has 4 rings (SSSR count). The van der Waals surface area contributed by atoms with Gasteiger partial charge in [-0.15, -0.1) is 0 Å². The summed E-state index contributed by atoms with van der Waals surface area (Å²) in [6, 6.07) is 4.30. The zero-order valence-electron chi connectivity index (χ0n) is 16.3. The predicted molar refractivity (Wildman–Crippen MR) is 105 cm³/mol. The van der Waals surface area contributed by atoms with Crippen molar-refractivity contribution in [1.82, 2.24) is 24.8 Å². The van der Waals surface area contributed by atoms with Gasteiger partial charge in [0.15, 0.2) is 0 Å². The van der Waals surface area contributed by atoms with Gasteiger partial charge in [-0.1, -0.05) is 25.3 Å². The monoisotopic (exact) mass is 383 g/mol. The molecule has 0 bridgehead atoms. The van der Waals surface area contributed by atoms with E-state index in [9.17, 15) is 4.79 Å². The fraction of sp³-hybridized carbons (Fsp3) is 0.571. The molecule has 2 aliphatic rings. The maximum Gasteiger partial charge on any atom is 0.237 e. The van der Waals surface area contributed by atoms with Crippen LogP contribution in [0.25, 0.3) is 0 Å². The van der Waals surface area contributed by atoms with Gasteiger partial charge in [0.05, 0.1) is 25.8 Å². The fourth-order valence-corrected chi connectivity index (χ4v) is 4.28. The first kappa shape index (κ1) is 19.1. The second kappa shape index (κ2) is 9.30. The Bertz CT molecular complexity index is 731. The Morgan fingerprint density at radius 3 is 2.82 bits per heavy atom. The molecule has 0 unspecified atom stereocenters. The highest BCUT2D eigenvalue weighted by Gasteiger charge is 2.33. The van der Waals surface area contributed by atoms with Gasteiger partial charge in [-0.2, -0.15) is 0 Å². The van der Waals surface area contributed by atoms with Crippen LogP contribution in [-0.2, 0) is 22.7 Å². The Hall–Kier alpha value is -2.25. The van der Waals surface area contributed by atoms with Gasteiger partial charge in [-0.25, -0.2) is 4.98 Å². The van der Waals surface area contributed by atoms with Crippen LogP contribution in [0.3, 0.4) is 0 Å². The summed E-state index contributed by atoms with van der Waals surface area (Å²) in [6.07, 6.45) is 13.1. The molecule has 7 nitrogen and oxygen atoms in total. The average molecular weight is 383 g/mol. The molecule has 1 saturated heterocycles. The molecule has 3 heterocycles. The number of imidazole rings is 1. The summed E-state index contributed by atoms with van der Waals surface area (Å²) in [4.78, 5) is 28.9. The molecule has 1 atom stereocenters. The first-order valence-electron chi connectivity index (χ1n) is 10.3. The van der Waals surface area contributed by atoms with Crippen molar-refractivity contribution < 1.29 is 9.53 Å². The van der Waals surface area contributed by atoms with Crippen LogP contribution in [0.4, 0.5) is 0 Å². The SMILES string of the molecule is O=C1CN(Cc2ncc[nH]2)C[C@H](OCc2cccnc2)CN1C1CCCCC1. The van der Waals surface area contributed by atoms with E-state index in [2.05, 4.69) is 24.8 Å². The number of nitrogens with zero attached hydrogens (tertiary/aromatic N) is 4. The summed E-state index contributed by atoms with van der Waals surface area (Å²) in [6.45, 7) is 2.95. The highest BCUT2D eigenvalue weighted by Crippen LogP contribution is 2.25. The van der Waals surface area contributed by atoms with Crippen LogP contribution in [0.1, 0.15) is 43.5 Å². The van der Waals surface area contributed by atoms with Crippen molar-refractivity contribution in [2.24, 2.45) is 0 Å². The molecule has 7 heteroatoms. The van der Waals surface area contributed by atoms with Crippen molar-refractivity contribution in [1.29, 1.82) is 0 Å². The highest BCUT2D eigenvalue weighted by atomic mass is 16.5. The number of carbonyl (C=O) groups is 1. The van der Waals surface area contributed by atoms with E-state index >= 15 is 0 Å². The van der Waals surface area contributed by atoms with Crippen molar-refractivity contribution in [2.45, 2.75) is 57.4 Å². The predicted octanol–water partition coefficient (Wildman–Crippen LogP) is 2.37. The number of carbonyl (C=O) groups excluding carboxylic acids is 1. The molecule has 2 fully saturated rings. The molecule has 1 aliphatic carbocycles. The maximum atomic E-state index is 13.1. The fourth-order valence-electron chi connectivity index (χ4n) is 4.28. The molecular weight excluding hydrogens is 354 g/mol. The molecule has 1 N–H and O–H groups in total. The van der Waals surface area contributed by atoms with Gasteiger partial charge in [0.25, 0.3) is 0 Å². The minimum absolute atomic E-state index is 0.0245.